The summed E-state index contributed by atoms with van der Waals surface area (Å²) in [6.07, 6.45) is 1.54. The molecular formula is C21H23FN6O. The van der Waals surface area contributed by atoms with Crippen LogP contribution < -0.4 is 4.90 Å². The number of carbonyl (C=O) groups excluding carboxylic acids is 1. The van der Waals surface area contributed by atoms with Gasteiger partial charge in [-0.15, -0.1) is 0 Å². The van der Waals surface area contributed by atoms with Crippen molar-refractivity contribution in [3.63, 3.8) is 0 Å². The van der Waals surface area contributed by atoms with Crippen LogP contribution in [0.25, 0.3) is 5.82 Å². The lowest BCUT2D eigenvalue weighted by Crippen LogP contribution is -2.49. The van der Waals surface area contributed by atoms with Crippen molar-refractivity contribution < 1.29 is 9.18 Å². The molecule has 29 heavy (non-hydrogen) atoms. The van der Waals surface area contributed by atoms with Crippen molar-refractivity contribution in [2.75, 3.05) is 31.1 Å². The Kier molecular flexibility index (Phi) is 5.00. The summed E-state index contributed by atoms with van der Waals surface area (Å²) in [6.45, 7) is 8.01. The normalized spacial score (nSPS) is 14.3. The number of piperazine rings is 1. The second kappa shape index (κ2) is 7.62. The van der Waals surface area contributed by atoms with Crippen molar-refractivity contribution in [2.24, 2.45) is 0 Å². The first-order chi connectivity index (χ1) is 13.9. The average Bonchev–Trinajstić information content (AvgIpc) is 3.08. The summed E-state index contributed by atoms with van der Waals surface area (Å²) in [5.74, 6) is 1.02. The Hall–Kier alpha value is -3.29. The number of aromatic nitrogens is 4. The van der Waals surface area contributed by atoms with Crippen molar-refractivity contribution in [2.45, 2.75) is 20.8 Å². The number of carbonyl (C=O) groups is 1. The lowest BCUT2D eigenvalue weighted by atomic mass is 10.1. The molecule has 3 heterocycles. The van der Waals surface area contributed by atoms with Gasteiger partial charge in [0.25, 0.3) is 5.91 Å². The Morgan fingerprint density at radius 1 is 0.966 bits per heavy atom. The SMILES string of the molecule is Cc1cc(C)n(-c2cc(N3CCN(C(=O)c4ccc(C)c(F)c4)CC3)ncn2)n1. The van der Waals surface area contributed by atoms with Crippen LogP contribution in [-0.4, -0.2) is 56.7 Å². The van der Waals surface area contributed by atoms with E-state index in [1.165, 1.54) is 12.4 Å². The summed E-state index contributed by atoms with van der Waals surface area (Å²) in [5, 5.41) is 4.47. The number of halogens is 1. The zero-order valence-electron chi connectivity index (χ0n) is 16.8. The minimum absolute atomic E-state index is 0.144. The van der Waals surface area contributed by atoms with Crippen molar-refractivity contribution in [3.05, 3.63) is 65.0 Å². The molecule has 4 rings (SSSR count). The van der Waals surface area contributed by atoms with Gasteiger partial charge in [-0.3, -0.25) is 4.79 Å². The minimum atomic E-state index is -0.354. The molecule has 1 aliphatic rings. The number of amides is 1. The van der Waals surface area contributed by atoms with E-state index in [2.05, 4.69) is 20.0 Å². The number of aryl methyl sites for hydroxylation is 3. The Labute approximate surface area is 168 Å². The zero-order valence-corrected chi connectivity index (χ0v) is 16.8. The molecule has 0 N–H and O–H groups in total. The molecule has 8 heteroatoms. The van der Waals surface area contributed by atoms with Gasteiger partial charge in [-0.25, -0.2) is 19.0 Å². The first-order valence-corrected chi connectivity index (χ1v) is 9.58. The molecule has 7 nitrogen and oxygen atoms in total. The molecule has 0 atom stereocenters. The molecule has 0 aliphatic carbocycles. The first-order valence-electron chi connectivity index (χ1n) is 9.58. The molecule has 1 fully saturated rings. The van der Waals surface area contributed by atoms with Gasteiger partial charge in [-0.1, -0.05) is 6.07 Å². The van der Waals surface area contributed by atoms with E-state index in [-0.39, 0.29) is 11.7 Å². The predicted molar refractivity (Wildman–Crippen MR) is 108 cm³/mol. The predicted octanol–water partition coefficient (Wildman–Crippen LogP) is 2.69. The zero-order chi connectivity index (χ0) is 20.5. The number of hydrogen-bond donors (Lipinski definition) is 0. The molecule has 0 bridgehead atoms. The van der Waals surface area contributed by atoms with Crippen LogP contribution in [0, 0.1) is 26.6 Å². The Morgan fingerprint density at radius 2 is 1.69 bits per heavy atom. The van der Waals surface area contributed by atoms with Crippen LogP contribution in [-0.2, 0) is 0 Å². The van der Waals surface area contributed by atoms with E-state index in [0.29, 0.717) is 43.1 Å². The third-order valence-corrected chi connectivity index (χ3v) is 5.17. The summed E-state index contributed by atoms with van der Waals surface area (Å²) in [6, 6.07) is 8.54. The molecule has 2 aromatic heterocycles. The molecular weight excluding hydrogens is 371 g/mol. The van der Waals surface area contributed by atoms with Crippen LogP contribution in [0.3, 0.4) is 0 Å². The molecule has 0 saturated carbocycles. The molecule has 1 saturated heterocycles. The number of hydrogen-bond acceptors (Lipinski definition) is 5. The van der Waals surface area contributed by atoms with Crippen LogP contribution in [0.1, 0.15) is 27.3 Å². The van der Waals surface area contributed by atoms with Gasteiger partial charge in [0.1, 0.15) is 18.0 Å². The highest BCUT2D eigenvalue weighted by Gasteiger charge is 2.24. The molecule has 150 valence electrons. The average molecular weight is 394 g/mol. The van der Waals surface area contributed by atoms with Gasteiger partial charge in [0.2, 0.25) is 0 Å². The van der Waals surface area contributed by atoms with E-state index in [9.17, 15) is 9.18 Å². The van der Waals surface area contributed by atoms with E-state index in [4.69, 9.17) is 0 Å². The van der Waals surface area contributed by atoms with Crippen LogP contribution >= 0.6 is 0 Å². The minimum Gasteiger partial charge on any atom is -0.353 e. The van der Waals surface area contributed by atoms with E-state index in [1.807, 2.05) is 26.0 Å². The fourth-order valence-electron chi connectivity index (χ4n) is 3.53. The highest BCUT2D eigenvalue weighted by atomic mass is 19.1. The lowest BCUT2D eigenvalue weighted by molar-refractivity contribution is 0.0746. The topological polar surface area (TPSA) is 67.2 Å². The summed E-state index contributed by atoms with van der Waals surface area (Å²) < 4.78 is 15.6. The van der Waals surface area contributed by atoms with Crippen molar-refractivity contribution in [3.8, 4) is 5.82 Å². The number of nitrogens with zero attached hydrogens (tertiary/aromatic N) is 6. The fraction of sp³-hybridized carbons (Fsp3) is 0.333. The third kappa shape index (κ3) is 3.83. The molecule has 0 spiro atoms. The first kappa shape index (κ1) is 19.0. The quantitative estimate of drug-likeness (QED) is 0.683. The van der Waals surface area contributed by atoms with E-state index in [1.54, 1.807) is 28.6 Å². The summed E-state index contributed by atoms with van der Waals surface area (Å²) in [4.78, 5) is 25.3. The monoisotopic (exact) mass is 394 g/mol. The molecule has 3 aromatic rings. The van der Waals surface area contributed by atoms with Crippen LogP contribution in [0.2, 0.25) is 0 Å². The van der Waals surface area contributed by atoms with E-state index >= 15 is 0 Å². The Morgan fingerprint density at radius 3 is 2.34 bits per heavy atom. The largest absolute Gasteiger partial charge is 0.353 e. The smallest absolute Gasteiger partial charge is 0.254 e. The second-order valence-corrected chi connectivity index (χ2v) is 7.32. The third-order valence-electron chi connectivity index (χ3n) is 5.17. The van der Waals surface area contributed by atoms with Crippen LogP contribution in [0.5, 0.6) is 0 Å². The summed E-state index contributed by atoms with van der Waals surface area (Å²) in [5.41, 5.74) is 2.86. The molecule has 1 aromatic carbocycles. The highest BCUT2D eigenvalue weighted by Crippen LogP contribution is 2.19. The van der Waals surface area contributed by atoms with Crippen LogP contribution in [0.15, 0.2) is 36.7 Å². The molecule has 0 unspecified atom stereocenters. The van der Waals surface area contributed by atoms with Crippen molar-refractivity contribution >= 4 is 11.7 Å². The Bertz CT molecular complexity index is 1060. The number of benzene rings is 1. The standard InChI is InChI=1S/C21H23FN6O/c1-14-4-5-17(11-18(14)22)21(29)27-8-6-26(7-9-27)19-12-20(24-13-23-19)28-16(3)10-15(2)25-28/h4-5,10-13H,6-9H2,1-3H3. The highest BCUT2D eigenvalue weighted by molar-refractivity contribution is 5.94. The van der Waals surface area contributed by atoms with Crippen molar-refractivity contribution in [1.82, 2.24) is 24.6 Å². The summed E-state index contributed by atoms with van der Waals surface area (Å²) in [7, 11) is 0. The molecule has 1 aliphatic heterocycles. The van der Waals surface area contributed by atoms with Gasteiger partial charge in [0.05, 0.1) is 5.69 Å². The maximum Gasteiger partial charge on any atom is 0.254 e. The maximum atomic E-state index is 13.8. The van der Waals surface area contributed by atoms with Crippen LogP contribution in [0.4, 0.5) is 10.2 Å². The van der Waals surface area contributed by atoms with Gasteiger partial charge in [-0.2, -0.15) is 5.10 Å². The van der Waals surface area contributed by atoms with Gasteiger partial charge >= 0.3 is 0 Å². The molecule has 0 radical (unpaired) electrons. The van der Waals surface area contributed by atoms with Gasteiger partial charge in [0.15, 0.2) is 5.82 Å². The second-order valence-electron chi connectivity index (χ2n) is 7.32. The van der Waals surface area contributed by atoms with Gasteiger partial charge in [-0.05, 0) is 44.5 Å². The molecule has 1 amide bonds. The van der Waals surface area contributed by atoms with E-state index < -0.39 is 0 Å². The number of rotatable bonds is 3. The van der Waals surface area contributed by atoms with Gasteiger partial charge in [0, 0.05) is 43.5 Å². The Balaban J connectivity index is 1.46. The lowest BCUT2D eigenvalue weighted by Gasteiger charge is -2.35. The number of anilines is 1. The van der Waals surface area contributed by atoms with Gasteiger partial charge < -0.3 is 9.80 Å². The van der Waals surface area contributed by atoms with E-state index in [0.717, 1.165) is 17.2 Å². The maximum absolute atomic E-state index is 13.8. The fourth-order valence-corrected chi connectivity index (χ4v) is 3.53. The summed E-state index contributed by atoms with van der Waals surface area (Å²) >= 11 is 0. The van der Waals surface area contributed by atoms with Crippen molar-refractivity contribution in [1.29, 1.82) is 0 Å².